The molecule has 2 aromatic rings. The molecule has 29 heavy (non-hydrogen) atoms. The Kier molecular flexibility index (Phi) is 8.77. The minimum Gasteiger partial charge on any atom is -1.00 e. The predicted octanol–water partition coefficient (Wildman–Crippen LogP) is -0.908. The van der Waals surface area contributed by atoms with Gasteiger partial charge in [0.2, 0.25) is 0 Å². The molecule has 0 heterocycles. The molecule has 0 aromatic heterocycles. The number of hydrogen-bond donors (Lipinski definition) is 0. The topological polar surface area (TPSA) is 0 Å². The van der Waals surface area contributed by atoms with Crippen molar-refractivity contribution in [1.29, 1.82) is 0 Å². The first-order valence-corrected chi connectivity index (χ1v) is 10.1. The summed E-state index contributed by atoms with van der Waals surface area (Å²) in [6.45, 7) is 2.38. The van der Waals surface area contributed by atoms with Gasteiger partial charge in [0.15, 0.2) is 0 Å². The molecule has 0 atom stereocenters. The van der Waals surface area contributed by atoms with Gasteiger partial charge in [0.1, 0.15) is 0 Å². The molecule has 3 heteroatoms. The van der Waals surface area contributed by atoms with E-state index in [1.165, 1.54) is 69.7 Å². The molecule has 0 N–H and O–H groups in total. The average molecular weight is 500 g/mol. The first-order valence-electron chi connectivity index (χ1n) is 10.1. The van der Waals surface area contributed by atoms with Gasteiger partial charge in [-0.05, 0) is 32.1 Å². The van der Waals surface area contributed by atoms with Crippen LogP contribution in [0.5, 0.6) is 0 Å². The molecule has 1 fully saturated rings. The van der Waals surface area contributed by atoms with Crippen molar-refractivity contribution in [2.45, 2.75) is 45.4 Å². The Hall–Kier alpha value is -0.877. The van der Waals surface area contributed by atoms with E-state index < -0.39 is 0 Å². The quantitative estimate of drug-likeness (QED) is 0.401. The zero-order valence-electron chi connectivity index (χ0n) is 16.8. The Labute approximate surface area is 205 Å². The van der Waals surface area contributed by atoms with Crippen molar-refractivity contribution in [1.82, 2.24) is 0 Å². The number of fused-ring (bicyclic) bond motifs is 2. The van der Waals surface area contributed by atoms with Crippen LogP contribution < -0.4 is 35.3 Å². The monoisotopic (exact) mass is 497 g/mol. The number of hydrogen-bond acceptors (Lipinski definition) is 0. The van der Waals surface area contributed by atoms with Crippen molar-refractivity contribution in [2.75, 3.05) is 0 Å². The van der Waals surface area contributed by atoms with Crippen molar-refractivity contribution in [3.8, 4) is 0 Å². The summed E-state index contributed by atoms with van der Waals surface area (Å²) in [6.07, 6.45) is 18.5. The van der Waals surface area contributed by atoms with Gasteiger partial charge in [-0.2, -0.15) is 0 Å². The smallest absolute Gasteiger partial charge is 1.00 e. The van der Waals surface area contributed by atoms with Crippen LogP contribution in [0, 0.1) is 16.4 Å². The second-order valence-electron chi connectivity index (χ2n) is 7.92. The van der Waals surface area contributed by atoms with E-state index in [0.29, 0.717) is 0 Å². The molecule has 0 spiro atoms. The summed E-state index contributed by atoms with van der Waals surface area (Å²) >= 11 is 0. The van der Waals surface area contributed by atoms with E-state index in [9.17, 15) is 0 Å². The summed E-state index contributed by atoms with van der Waals surface area (Å²) in [5.41, 5.74) is 5.79. The van der Waals surface area contributed by atoms with E-state index in [2.05, 4.69) is 67.6 Å². The van der Waals surface area contributed by atoms with Crippen molar-refractivity contribution in [3.63, 3.8) is 0 Å². The Morgan fingerprint density at radius 3 is 2.41 bits per heavy atom. The van der Waals surface area contributed by atoms with E-state index in [0.717, 1.165) is 12.3 Å². The van der Waals surface area contributed by atoms with Gasteiger partial charge in [0.05, 0.1) is 0 Å². The maximum absolute atomic E-state index is 3.74. The summed E-state index contributed by atoms with van der Waals surface area (Å²) in [5.74, 6) is 0.749. The second-order valence-corrected chi connectivity index (χ2v) is 7.92. The molecule has 0 aliphatic heterocycles. The third kappa shape index (κ3) is 4.44. The maximum atomic E-state index is 3.74. The third-order valence-electron chi connectivity index (χ3n) is 6.42. The fraction of sp³-hybridized carbons (Fsp3) is 0.308. The minimum atomic E-state index is 0. The van der Waals surface area contributed by atoms with Gasteiger partial charge >= 0.3 is 26.2 Å². The zero-order valence-corrected chi connectivity index (χ0v) is 20.7. The SMILES string of the molecule is CC(=c1ccc2c(c1C1=CC=CC1)[C-]=c1ccccc1=2)C1CCCCC1.[Cl-].[Cl-].[Zr+3]. The fourth-order valence-electron chi connectivity index (χ4n) is 4.97. The van der Waals surface area contributed by atoms with E-state index in [1.54, 1.807) is 5.57 Å². The van der Waals surface area contributed by atoms with Crippen LogP contribution in [0.3, 0.4) is 0 Å². The summed E-state index contributed by atoms with van der Waals surface area (Å²) < 4.78 is 0. The molecule has 3 aliphatic carbocycles. The van der Waals surface area contributed by atoms with Gasteiger partial charge in [-0.1, -0.05) is 89.8 Å². The molecule has 0 amide bonds. The Balaban J connectivity index is 0.000001000. The second kappa shape index (κ2) is 10.4. The summed E-state index contributed by atoms with van der Waals surface area (Å²) in [4.78, 5) is 0. The van der Waals surface area contributed by atoms with Crippen LogP contribution in [0.25, 0.3) is 17.2 Å². The normalized spacial score (nSPS) is 17.6. The Bertz CT molecular complexity index is 1150. The van der Waals surface area contributed by atoms with Crippen LogP contribution >= 0.6 is 0 Å². The Morgan fingerprint density at radius 1 is 0.931 bits per heavy atom. The molecule has 147 valence electrons. The van der Waals surface area contributed by atoms with Gasteiger partial charge < -0.3 is 24.8 Å². The van der Waals surface area contributed by atoms with Crippen LogP contribution in [0.1, 0.15) is 56.6 Å². The largest absolute Gasteiger partial charge is 3.00 e. The maximum Gasteiger partial charge on any atom is 3.00 e. The zero-order chi connectivity index (χ0) is 17.5. The fourth-order valence-corrected chi connectivity index (χ4v) is 4.97. The van der Waals surface area contributed by atoms with Crippen LogP contribution in [0.4, 0.5) is 0 Å². The van der Waals surface area contributed by atoms with E-state index >= 15 is 0 Å². The van der Waals surface area contributed by atoms with Gasteiger partial charge in [-0.15, -0.1) is 33.4 Å². The van der Waals surface area contributed by atoms with Gasteiger partial charge in [-0.3, -0.25) is 0 Å². The van der Waals surface area contributed by atoms with Crippen LogP contribution in [0.15, 0.2) is 54.6 Å². The van der Waals surface area contributed by atoms with E-state index in [-0.39, 0.29) is 51.0 Å². The standard InChI is InChI=1S/C26H25.2ClH.Zr/c1-18(19-9-3-2-4-10-19)22-15-16-24-23-14-8-7-13-21(23)17-25(24)26(22)20-11-5-6-12-20;;;/h5-8,11,13-16,19H,2-4,9-10,12H2,1H3;2*1H;/q-1;;;+3/p-2. The molecule has 1 radical (unpaired) electrons. The van der Waals surface area contributed by atoms with Crippen molar-refractivity contribution < 1.29 is 51.0 Å². The van der Waals surface area contributed by atoms with E-state index in [1.807, 2.05) is 0 Å². The molecule has 0 bridgehead atoms. The molecule has 2 aromatic carbocycles. The summed E-state index contributed by atoms with van der Waals surface area (Å²) in [7, 11) is 0. The van der Waals surface area contributed by atoms with Crippen molar-refractivity contribution >= 4 is 17.2 Å². The summed E-state index contributed by atoms with van der Waals surface area (Å²) in [6, 6.07) is 13.4. The Morgan fingerprint density at radius 2 is 1.69 bits per heavy atom. The minimum absolute atomic E-state index is 0. The summed E-state index contributed by atoms with van der Waals surface area (Å²) in [5, 5.41) is 5.38. The van der Waals surface area contributed by atoms with Crippen LogP contribution in [0.2, 0.25) is 0 Å². The number of allylic oxidation sites excluding steroid dienone is 4. The van der Waals surface area contributed by atoms with E-state index in [4.69, 9.17) is 0 Å². The predicted molar refractivity (Wildman–Crippen MR) is 110 cm³/mol. The van der Waals surface area contributed by atoms with Crippen LogP contribution in [-0.2, 0) is 26.2 Å². The molecule has 0 nitrogen and oxygen atoms in total. The number of rotatable bonds is 2. The van der Waals surface area contributed by atoms with Gasteiger partial charge in [-0.25, -0.2) is 0 Å². The first-order chi connectivity index (χ1) is 12.8. The molecule has 3 aliphatic rings. The molecular formula is C26H25Cl2Zr. The van der Waals surface area contributed by atoms with Gasteiger partial charge in [0, 0.05) is 0 Å². The van der Waals surface area contributed by atoms with Crippen LogP contribution in [-0.4, -0.2) is 0 Å². The third-order valence-corrected chi connectivity index (χ3v) is 6.42. The van der Waals surface area contributed by atoms with Crippen molar-refractivity contribution in [3.05, 3.63) is 86.6 Å². The van der Waals surface area contributed by atoms with Gasteiger partial charge in [0.25, 0.3) is 0 Å². The molecule has 1 saturated carbocycles. The van der Waals surface area contributed by atoms with Crippen molar-refractivity contribution in [2.24, 2.45) is 5.92 Å². The average Bonchev–Trinajstić information content (AvgIpc) is 3.35. The number of halogens is 2. The molecule has 5 rings (SSSR count). The first kappa shape index (κ1) is 24.4. The molecular weight excluding hydrogens is 474 g/mol. The molecule has 0 unspecified atom stereocenters. The molecule has 0 saturated heterocycles. The number of benzene rings is 2.